The zero-order chi connectivity index (χ0) is 29.7. The van der Waals surface area contributed by atoms with Gasteiger partial charge < -0.3 is 0 Å². The number of hydrogen-bond donors (Lipinski definition) is 0. The van der Waals surface area contributed by atoms with E-state index < -0.39 is 0 Å². The first-order valence-corrected chi connectivity index (χ1v) is 17.5. The molecule has 0 aromatic heterocycles. The Labute approximate surface area is 274 Å². The van der Waals surface area contributed by atoms with E-state index in [1.807, 2.05) is 0 Å². The summed E-state index contributed by atoms with van der Waals surface area (Å²) in [6.07, 6.45) is 22.8. The number of aryl methyl sites for hydroxylation is 4. The summed E-state index contributed by atoms with van der Waals surface area (Å²) in [5.74, 6) is 0. The van der Waals surface area contributed by atoms with Gasteiger partial charge in [-0.15, -0.1) is 0 Å². The van der Waals surface area contributed by atoms with Gasteiger partial charge >= 0.3 is 0 Å². The van der Waals surface area contributed by atoms with Gasteiger partial charge in [-0.1, -0.05) is 124 Å². The molecule has 0 bridgehead atoms. The molecular formula is C39H62N2Pd. The zero-order valence-corrected chi connectivity index (χ0v) is 29.7. The smallest absolute Gasteiger partial charge is 0.0636 e. The van der Waals surface area contributed by atoms with Crippen molar-refractivity contribution in [2.45, 2.75) is 164 Å². The molecular weight excluding hydrogens is 603 g/mol. The van der Waals surface area contributed by atoms with Gasteiger partial charge in [0.25, 0.3) is 0 Å². The van der Waals surface area contributed by atoms with Crippen molar-refractivity contribution in [3.8, 4) is 0 Å². The molecule has 0 fully saturated rings. The van der Waals surface area contributed by atoms with Crippen LogP contribution in [0, 0.1) is 0 Å². The van der Waals surface area contributed by atoms with Crippen LogP contribution in [0.25, 0.3) is 0 Å². The SMILES string of the molecule is CCCCCCCCC(=Nc1ccc(CCC)c(CCC)c1)C(CCCCC)=Nc1ccc(CCC)c(CCC)c1.[Pd]. The molecule has 0 aliphatic heterocycles. The maximum atomic E-state index is 5.40. The monoisotopic (exact) mass is 664 g/mol. The predicted octanol–water partition coefficient (Wildman–Crippen LogP) is 12.7. The third kappa shape index (κ3) is 14.3. The Morgan fingerprint density at radius 3 is 1.21 bits per heavy atom. The number of rotatable bonds is 22. The molecule has 0 aliphatic carbocycles. The van der Waals surface area contributed by atoms with Gasteiger partial charge in [-0.05, 0) is 97.9 Å². The fourth-order valence-electron chi connectivity index (χ4n) is 5.85. The van der Waals surface area contributed by atoms with E-state index in [-0.39, 0.29) is 20.4 Å². The number of benzene rings is 2. The van der Waals surface area contributed by atoms with Crippen LogP contribution in [0.3, 0.4) is 0 Å². The second-order valence-electron chi connectivity index (χ2n) is 12.0. The third-order valence-electron chi connectivity index (χ3n) is 8.10. The van der Waals surface area contributed by atoms with Crippen molar-refractivity contribution in [1.82, 2.24) is 0 Å². The molecule has 2 rings (SSSR count). The Morgan fingerprint density at radius 2 is 0.786 bits per heavy atom. The van der Waals surface area contributed by atoms with E-state index in [0.29, 0.717) is 0 Å². The molecule has 0 atom stereocenters. The number of hydrogen-bond acceptors (Lipinski definition) is 2. The van der Waals surface area contributed by atoms with Crippen LogP contribution in [0.5, 0.6) is 0 Å². The van der Waals surface area contributed by atoms with E-state index in [1.54, 1.807) is 0 Å². The van der Waals surface area contributed by atoms with E-state index >= 15 is 0 Å². The van der Waals surface area contributed by atoms with Crippen LogP contribution >= 0.6 is 0 Å². The second-order valence-corrected chi connectivity index (χ2v) is 12.0. The molecule has 0 saturated carbocycles. The Hall–Kier alpha value is -1.56. The molecule has 0 heterocycles. The molecule has 0 N–H and O–H groups in total. The van der Waals surface area contributed by atoms with Gasteiger partial charge in [-0.25, -0.2) is 0 Å². The van der Waals surface area contributed by atoms with Crippen molar-refractivity contribution in [1.29, 1.82) is 0 Å². The van der Waals surface area contributed by atoms with E-state index in [0.717, 1.165) is 49.9 Å². The van der Waals surface area contributed by atoms with Gasteiger partial charge in [0.15, 0.2) is 0 Å². The van der Waals surface area contributed by atoms with Gasteiger partial charge in [0, 0.05) is 20.4 Å². The second kappa shape index (κ2) is 23.8. The predicted molar refractivity (Wildman–Crippen MR) is 185 cm³/mol. The summed E-state index contributed by atoms with van der Waals surface area (Å²) in [5, 5.41) is 0. The molecule has 2 aromatic rings. The third-order valence-corrected chi connectivity index (χ3v) is 8.10. The Balaban J connectivity index is 0.00000882. The number of nitrogens with zero attached hydrogens (tertiary/aromatic N) is 2. The van der Waals surface area contributed by atoms with Crippen LogP contribution in [0.2, 0.25) is 0 Å². The van der Waals surface area contributed by atoms with E-state index in [4.69, 9.17) is 9.98 Å². The fourth-order valence-corrected chi connectivity index (χ4v) is 5.85. The van der Waals surface area contributed by atoms with Crippen molar-refractivity contribution in [2.75, 3.05) is 0 Å². The Kier molecular flexibility index (Phi) is 21.8. The molecule has 42 heavy (non-hydrogen) atoms. The van der Waals surface area contributed by atoms with Crippen LogP contribution in [0.15, 0.2) is 46.4 Å². The number of unbranched alkanes of at least 4 members (excludes halogenated alkanes) is 7. The van der Waals surface area contributed by atoms with E-state index in [1.165, 1.54) is 117 Å². The first-order valence-electron chi connectivity index (χ1n) is 17.5. The van der Waals surface area contributed by atoms with Crippen molar-refractivity contribution < 1.29 is 20.4 Å². The maximum Gasteiger partial charge on any atom is 0.0636 e. The summed E-state index contributed by atoms with van der Waals surface area (Å²) < 4.78 is 0. The molecule has 0 unspecified atom stereocenters. The van der Waals surface area contributed by atoms with Crippen molar-refractivity contribution in [3.05, 3.63) is 58.7 Å². The number of aliphatic imine (C=N–C) groups is 2. The minimum Gasteiger partial charge on any atom is -0.252 e. The average Bonchev–Trinajstić information content (AvgIpc) is 2.97. The molecule has 2 aromatic carbocycles. The van der Waals surface area contributed by atoms with Crippen LogP contribution in [0.4, 0.5) is 11.4 Å². The summed E-state index contributed by atoms with van der Waals surface area (Å²) >= 11 is 0. The van der Waals surface area contributed by atoms with Crippen LogP contribution in [0.1, 0.15) is 160 Å². The maximum absolute atomic E-state index is 5.40. The first-order chi connectivity index (χ1) is 20.1. The Bertz CT molecular complexity index is 1050. The van der Waals surface area contributed by atoms with E-state index in [9.17, 15) is 0 Å². The topological polar surface area (TPSA) is 24.7 Å². The molecule has 0 saturated heterocycles. The summed E-state index contributed by atoms with van der Waals surface area (Å²) in [4.78, 5) is 10.8. The van der Waals surface area contributed by atoms with Crippen LogP contribution < -0.4 is 0 Å². The molecule has 0 aliphatic rings. The first kappa shape index (κ1) is 38.5. The Morgan fingerprint density at radius 1 is 0.429 bits per heavy atom. The molecule has 238 valence electrons. The quantitative estimate of drug-likeness (QED) is 0.0680. The van der Waals surface area contributed by atoms with E-state index in [2.05, 4.69) is 77.9 Å². The largest absolute Gasteiger partial charge is 0.252 e. The molecule has 0 amide bonds. The van der Waals surface area contributed by atoms with Crippen molar-refractivity contribution in [2.24, 2.45) is 9.98 Å². The standard InChI is InChI=1S/C39H62N2.Pd/c1-7-13-15-16-17-19-25-39(41-37-29-27-33(21-10-4)35(31-37)23-12-6)38(24-18-14-8-2)40-36-28-26-32(20-9-3)34(30-36)22-11-5;/h26-31H,7-25H2,1-6H3;. The molecule has 3 heteroatoms. The van der Waals surface area contributed by atoms with Crippen LogP contribution in [-0.4, -0.2) is 11.4 Å². The molecule has 0 spiro atoms. The zero-order valence-electron chi connectivity index (χ0n) is 28.1. The van der Waals surface area contributed by atoms with Gasteiger partial charge in [-0.2, -0.15) is 0 Å². The van der Waals surface area contributed by atoms with Crippen molar-refractivity contribution in [3.63, 3.8) is 0 Å². The average molecular weight is 665 g/mol. The van der Waals surface area contributed by atoms with Gasteiger partial charge in [-0.3, -0.25) is 9.98 Å². The van der Waals surface area contributed by atoms with Gasteiger partial charge in [0.2, 0.25) is 0 Å². The summed E-state index contributed by atoms with van der Waals surface area (Å²) in [6.45, 7) is 13.7. The molecule has 2 nitrogen and oxygen atoms in total. The summed E-state index contributed by atoms with van der Waals surface area (Å²) in [7, 11) is 0. The minimum atomic E-state index is 0. The molecule has 0 radical (unpaired) electrons. The normalized spacial score (nSPS) is 12.0. The minimum absolute atomic E-state index is 0. The van der Waals surface area contributed by atoms with Crippen molar-refractivity contribution >= 4 is 22.8 Å². The van der Waals surface area contributed by atoms with Crippen LogP contribution in [-0.2, 0) is 46.1 Å². The fraction of sp³-hybridized carbons (Fsp3) is 0.641. The van der Waals surface area contributed by atoms with Gasteiger partial charge in [0.05, 0.1) is 22.8 Å². The van der Waals surface area contributed by atoms with Gasteiger partial charge in [0.1, 0.15) is 0 Å². The summed E-state index contributed by atoms with van der Waals surface area (Å²) in [6, 6.07) is 13.9. The summed E-state index contributed by atoms with van der Waals surface area (Å²) in [5.41, 5.74) is 10.6.